The number of nitrogens with zero attached hydrogens (tertiary/aromatic N) is 3. The van der Waals surface area contributed by atoms with E-state index in [9.17, 15) is 0 Å². The van der Waals surface area contributed by atoms with Gasteiger partial charge in [0.2, 0.25) is 0 Å². The van der Waals surface area contributed by atoms with Crippen molar-refractivity contribution in [2.75, 3.05) is 12.5 Å². The molecule has 0 saturated heterocycles. The minimum absolute atomic E-state index is 0.714. The molecule has 96 valence electrons. The first-order valence-electron chi connectivity index (χ1n) is 5.40. The van der Waals surface area contributed by atoms with Gasteiger partial charge in [0, 0.05) is 29.1 Å². The Labute approximate surface area is 118 Å². The third kappa shape index (κ3) is 3.49. The van der Waals surface area contributed by atoms with E-state index in [4.69, 9.17) is 5.84 Å². The number of nitrogen functional groups attached to an aromatic ring is 1. The smallest absolute Gasteiger partial charge is 0.148 e. The van der Waals surface area contributed by atoms with E-state index in [-0.39, 0.29) is 0 Å². The molecule has 0 aliphatic rings. The van der Waals surface area contributed by atoms with Crippen LogP contribution in [0.4, 0.5) is 5.00 Å². The van der Waals surface area contributed by atoms with E-state index in [1.54, 1.807) is 0 Å². The van der Waals surface area contributed by atoms with Crippen molar-refractivity contribution in [2.45, 2.75) is 13.1 Å². The van der Waals surface area contributed by atoms with E-state index in [0.717, 1.165) is 21.7 Å². The highest BCUT2D eigenvalue weighted by Crippen LogP contribution is 2.18. The number of rotatable bonds is 5. The molecule has 1 aromatic carbocycles. The van der Waals surface area contributed by atoms with Crippen molar-refractivity contribution in [3.63, 3.8) is 0 Å². The highest BCUT2D eigenvalue weighted by molar-refractivity contribution is 9.10. The molecular formula is C11H14BrN5S. The predicted octanol–water partition coefficient (Wildman–Crippen LogP) is 2.22. The summed E-state index contributed by atoms with van der Waals surface area (Å²) in [5.41, 5.74) is 4.75. The molecule has 0 unspecified atom stereocenters. The van der Waals surface area contributed by atoms with Gasteiger partial charge in [-0.1, -0.05) is 32.6 Å². The summed E-state index contributed by atoms with van der Waals surface area (Å²) < 4.78 is 4.97. The number of benzene rings is 1. The van der Waals surface area contributed by atoms with Gasteiger partial charge in [0.25, 0.3) is 0 Å². The maximum Gasteiger partial charge on any atom is 0.148 e. The summed E-state index contributed by atoms with van der Waals surface area (Å²) in [7, 11) is 2.04. The zero-order valence-electron chi connectivity index (χ0n) is 9.93. The van der Waals surface area contributed by atoms with Crippen molar-refractivity contribution in [3.8, 4) is 0 Å². The lowest BCUT2D eigenvalue weighted by atomic mass is 10.2. The molecule has 0 fully saturated rings. The lowest BCUT2D eigenvalue weighted by Gasteiger charge is -2.15. The van der Waals surface area contributed by atoms with Crippen molar-refractivity contribution < 1.29 is 0 Å². The Morgan fingerprint density at radius 3 is 2.72 bits per heavy atom. The highest BCUT2D eigenvalue weighted by Gasteiger charge is 2.09. The maximum absolute atomic E-state index is 5.40. The minimum Gasteiger partial charge on any atom is -0.313 e. The predicted molar refractivity (Wildman–Crippen MR) is 77.0 cm³/mol. The zero-order valence-corrected chi connectivity index (χ0v) is 12.3. The van der Waals surface area contributed by atoms with E-state index in [0.29, 0.717) is 6.54 Å². The van der Waals surface area contributed by atoms with Gasteiger partial charge in [0.05, 0.1) is 0 Å². The summed E-state index contributed by atoms with van der Waals surface area (Å²) in [5.74, 6) is 5.40. The van der Waals surface area contributed by atoms with Gasteiger partial charge in [-0.25, -0.2) is 5.84 Å². The molecule has 1 heterocycles. The molecule has 0 spiro atoms. The number of anilines is 1. The van der Waals surface area contributed by atoms with Crippen LogP contribution in [0.15, 0.2) is 28.7 Å². The van der Waals surface area contributed by atoms with Crippen molar-refractivity contribution in [2.24, 2.45) is 5.84 Å². The third-order valence-corrected chi connectivity index (χ3v) is 3.70. The Bertz CT molecular complexity index is 498. The molecular weight excluding hydrogens is 314 g/mol. The molecule has 0 aliphatic heterocycles. The Morgan fingerprint density at radius 1 is 1.33 bits per heavy atom. The van der Waals surface area contributed by atoms with Gasteiger partial charge in [-0.2, -0.15) is 0 Å². The zero-order chi connectivity index (χ0) is 13.0. The Kier molecular flexibility index (Phi) is 4.65. The normalized spacial score (nSPS) is 10.9. The number of hydrogen-bond acceptors (Lipinski definition) is 6. The first-order valence-corrected chi connectivity index (χ1v) is 6.96. The second-order valence-electron chi connectivity index (χ2n) is 3.99. The number of hydrazine groups is 1. The molecule has 0 amide bonds. The summed E-state index contributed by atoms with van der Waals surface area (Å²) >= 11 is 4.70. The second-order valence-corrected chi connectivity index (χ2v) is 5.66. The van der Waals surface area contributed by atoms with Crippen LogP contribution >= 0.6 is 27.5 Å². The van der Waals surface area contributed by atoms with Crippen LogP contribution in [0.5, 0.6) is 0 Å². The van der Waals surface area contributed by atoms with Crippen LogP contribution in [0.25, 0.3) is 0 Å². The van der Waals surface area contributed by atoms with E-state index in [1.807, 2.05) is 19.2 Å². The molecule has 18 heavy (non-hydrogen) atoms. The fourth-order valence-electron chi connectivity index (χ4n) is 1.63. The average molecular weight is 328 g/mol. The first kappa shape index (κ1) is 13.4. The Hall–Kier alpha value is -1.02. The van der Waals surface area contributed by atoms with Crippen LogP contribution in [0.3, 0.4) is 0 Å². The summed E-state index contributed by atoms with van der Waals surface area (Å²) in [4.78, 5) is 2.17. The van der Waals surface area contributed by atoms with E-state index >= 15 is 0 Å². The molecule has 0 radical (unpaired) electrons. The SMILES string of the molecule is CN(Cc1ccc(Br)cc1)Cc1nnsc1NN. The van der Waals surface area contributed by atoms with Gasteiger partial charge in [0.1, 0.15) is 10.7 Å². The van der Waals surface area contributed by atoms with Crippen LogP contribution < -0.4 is 11.3 Å². The van der Waals surface area contributed by atoms with Gasteiger partial charge >= 0.3 is 0 Å². The maximum atomic E-state index is 5.40. The molecule has 1 aromatic heterocycles. The average Bonchev–Trinajstić information content (AvgIpc) is 2.79. The van der Waals surface area contributed by atoms with Gasteiger partial charge in [-0.05, 0) is 24.7 Å². The van der Waals surface area contributed by atoms with Gasteiger partial charge in [0.15, 0.2) is 0 Å². The standard InChI is InChI=1S/C11H14BrN5S/c1-17(6-8-2-4-9(12)5-3-8)7-10-11(14-13)18-16-15-10/h2-5,14H,6-7,13H2,1H3. The van der Waals surface area contributed by atoms with Gasteiger partial charge in [-0.3, -0.25) is 4.90 Å². The highest BCUT2D eigenvalue weighted by atomic mass is 79.9. The van der Waals surface area contributed by atoms with Gasteiger partial charge in [-0.15, -0.1) is 5.10 Å². The quantitative estimate of drug-likeness (QED) is 0.651. The molecule has 0 aliphatic carbocycles. The van der Waals surface area contributed by atoms with Crippen LogP contribution in [-0.4, -0.2) is 21.5 Å². The molecule has 5 nitrogen and oxygen atoms in total. The summed E-state index contributed by atoms with van der Waals surface area (Å²) in [5, 5.41) is 4.88. The van der Waals surface area contributed by atoms with Crippen LogP contribution in [0.1, 0.15) is 11.3 Å². The third-order valence-electron chi connectivity index (χ3n) is 2.47. The summed E-state index contributed by atoms with van der Waals surface area (Å²) in [6.07, 6.45) is 0. The molecule has 3 N–H and O–H groups in total. The fourth-order valence-corrected chi connectivity index (χ4v) is 2.38. The fraction of sp³-hybridized carbons (Fsp3) is 0.273. The molecule has 2 rings (SSSR count). The number of nitrogens with two attached hydrogens (primary N) is 1. The van der Waals surface area contributed by atoms with Crippen LogP contribution in [0, 0.1) is 0 Å². The molecule has 7 heteroatoms. The van der Waals surface area contributed by atoms with E-state index < -0.39 is 0 Å². The number of halogens is 1. The largest absolute Gasteiger partial charge is 0.313 e. The molecule has 0 saturated carbocycles. The van der Waals surface area contributed by atoms with E-state index in [2.05, 4.69) is 48.0 Å². The Morgan fingerprint density at radius 2 is 2.06 bits per heavy atom. The van der Waals surface area contributed by atoms with Crippen LogP contribution in [0.2, 0.25) is 0 Å². The van der Waals surface area contributed by atoms with Crippen molar-refractivity contribution in [1.29, 1.82) is 0 Å². The monoisotopic (exact) mass is 327 g/mol. The van der Waals surface area contributed by atoms with E-state index in [1.165, 1.54) is 17.1 Å². The number of nitrogens with one attached hydrogen (secondary N) is 1. The second kappa shape index (κ2) is 6.24. The van der Waals surface area contributed by atoms with Crippen molar-refractivity contribution >= 4 is 32.5 Å². The number of aromatic nitrogens is 2. The topological polar surface area (TPSA) is 67.1 Å². The molecule has 2 aromatic rings. The lowest BCUT2D eigenvalue weighted by molar-refractivity contribution is 0.315. The minimum atomic E-state index is 0.714. The van der Waals surface area contributed by atoms with Crippen molar-refractivity contribution in [3.05, 3.63) is 40.0 Å². The molecule has 0 bridgehead atoms. The van der Waals surface area contributed by atoms with Crippen LogP contribution in [-0.2, 0) is 13.1 Å². The van der Waals surface area contributed by atoms with Gasteiger partial charge < -0.3 is 5.43 Å². The van der Waals surface area contributed by atoms with Crippen molar-refractivity contribution in [1.82, 2.24) is 14.5 Å². The summed E-state index contributed by atoms with van der Waals surface area (Å²) in [6, 6.07) is 8.28. The summed E-state index contributed by atoms with van der Waals surface area (Å²) in [6.45, 7) is 1.57. The lowest BCUT2D eigenvalue weighted by Crippen LogP contribution is -2.19. The Balaban J connectivity index is 1.96. The molecule has 0 atom stereocenters. The number of hydrogen-bond donors (Lipinski definition) is 2. The first-order chi connectivity index (χ1) is 8.69.